The van der Waals surface area contributed by atoms with Crippen LogP contribution in [-0.4, -0.2) is 25.7 Å². The second-order valence-corrected chi connectivity index (χ2v) is 9.98. The zero-order valence-electron chi connectivity index (χ0n) is 19.8. The molecule has 0 fully saturated rings. The molecule has 2 heterocycles. The smallest absolute Gasteiger partial charge is 0.273 e. The van der Waals surface area contributed by atoms with Gasteiger partial charge in [-0.1, -0.05) is 77.4 Å². The molecule has 1 amide bonds. The molecule has 7 nitrogen and oxygen atoms in total. The molecule has 3 aromatic carbocycles. The molecule has 1 N–H and O–H groups in total. The number of hydrogen-bond acceptors (Lipinski definition) is 6. The summed E-state index contributed by atoms with van der Waals surface area (Å²) in [6.07, 6.45) is 1.87. The van der Waals surface area contributed by atoms with Crippen LogP contribution in [-0.2, 0) is 18.7 Å². The molecular formula is C27H20Cl2FN5O2S. The van der Waals surface area contributed by atoms with Gasteiger partial charge in [0, 0.05) is 13.0 Å². The molecule has 38 heavy (non-hydrogen) atoms. The zero-order valence-corrected chi connectivity index (χ0v) is 22.1. The lowest BCUT2D eigenvalue weighted by atomic mass is 10.1. The summed E-state index contributed by atoms with van der Waals surface area (Å²) in [5.41, 5.74) is 2.78. The molecule has 0 saturated carbocycles. The minimum Gasteiger partial charge on any atom is -0.447 e. The van der Waals surface area contributed by atoms with Crippen LogP contribution in [0.1, 0.15) is 33.3 Å². The highest BCUT2D eigenvalue weighted by Gasteiger charge is 2.18. The summed E-state index contributed by atoms with van der Waals surface area (Å²) in [6, 6.07) is 21.2. The predicted molar refractivity (Wildman–Crippen MR) is 144 cm³/mol. The van der Waals surface area contributed by atoms with Crippen molar-refractivity contribution in [2.24, 2.45) is 0 Å². The van der Waals surface area contributed by atoms with Gasteiger partial charge in [0.25, 0.3) is 5.91 Å². The van der Waals surface area contributed by atoms with E-state index in [2.05, 4.69) is 20.5 Å². The molecule has 0 atom stereocenters. The number of rotatable bonds is 9. The van der Waals surface area contributed by atoms with Crippen molar-refractivity contribution in [1.82, 2.24) is 25.1 Å². The van der Waals surface area contributed by atoms with E-state index in [1.54, 1.807) is 24.3 Å². The number of carbonyl (C=O) groups is 1. The normalized spacial score (nSPS) is 11.0. The Morgan fingerprint density at radius 1 is 0.974 bits per heavy atom. The fourth-order valence-electron chi connectivity index (χ4n) is 3.65. The molecule has 0 unspecified atom stereocenters. The summed E-state index contributed by atoms with van der Waals surface area (Å²) >= 11 is 13.8. The first-order chi connectivity index (χ1) is 18.5. The third-order valence-electron chi connectivity index (χ3n) is 5.54. The van der Waals surface area contributed by atoms with Gasteiger partial charge in [0.2, 0.25) is 5.89 Å². The van der Waals surface area contributed by atoms with E-state index in [0.29, 0.717) is 33.3 Å². The second-order valence-electron chi connectivity index (χ2n) is 8.22. The van der Waals surface area contributed by atoms with Crippen molar-refractivity contribution >= 4 is 40.9 Å². The lowest BCUT2D eigenvalue weighted by Crippen LogP contribution is -2.23. The second kappa shape index (κ2) is 11.8. The van der Waals surface area contributed by atoms with Gasteiger partial charge < -0.3 is 9.73 Å². The third kappa shape index (κ3) is 6.24. The predicted octanol–water partition coefficient (Wildman–Crippen LogP) is 6.51. The first-order valence-electron chi connectivity index (χ1n) is 11.5. The van der Waals surface area contributed by atoms with Gasteiger partial charge in [-0.2, -0.15) is 0 Å². The number of nitrogens with zero attached hydrogens (tertiary/aromatic N) is 4. The summed E-state index contributed by atoms with van der Waals surface area (Å²) in [6.45, 7) is 0.243. The van der Waals surface area contributed by atoms with Crippen molar-refractivity contribution in [3.8, 4) is 5.69 Å². The van der Waals surface area contributed by atoms with Crippen molar-refractivity contribution in [3.63, 3.8) is 0 Å². The van der Waals surface area contributed by atoms with Crippen LogP contribution in [0, 0.1) is 5.82 Å². The monoisotopic (exact) mass is 567 g/mol. The standard InChI is InChI=1S/C27H20Cl2FN5O2S/c28-21-11-10-20(13-22(21)29)35-24(12-17-4-2-1-3-5-17)33-34-27(35)38-16-25-32-23(15-37-25)26(36)31-14-18-6-8-19(30)9-7-18/h1-11,13,15H,12,14,16H2,(H,31,36). The quantitative estimate of drug-likeness (QED) is 0.204. The molecule has 0 saturated heterocycles. The lowest BCUT2D eigenvalue weighted by molar-refractivity contribution is 0.0946. The van der Waals surface area contributed by atoms with Crippen LogP contribution in [0.3, 0.4) is 0 Å². The fraction of sp³-hybridized carbons (Fsp3) is 0.111. The Kier molecular flexibility index (Phi) is 8.07. The van der Waals surface area contributed by atoms with Gasteiger partial charge >= 0.3 is 0 Å². The Morgan fingerprint density at radius 2 is 1.76 bits per heavy atom. The number of hydrogen-bond donors (Lipinski definition) is 1. The van der Waals surface area contributed by atoms with Gasteiger partial charge in [0.15, 0.2) is 10.9 Å². The number of oxazole rings is 1. The first kappa shape index (κ1) is 26.0. The molecule has 0 radical (unpaired) electrons. The molecule has 11 heteroatoms. The van der Waals surface area contributed by atoms with E-state index >= 15 is 0 Å². The van der Waals surface area contributed by atoms with Crippen molar-refractivity contribution in [3.05, 3.63) is 123 Å². The van der Waals surface area contributed by atoms with Gasteiger partial charge in [-0.25, -0.2) is 9.37 Å². The van der Waals surface area contributed by atoms with E-state index in [0.717, 1.165) is 22.6 Å². The highest BCUT2D eigenvalue weighted by molar-refractivity contribution is 7.98. The molecule has 0 aliphatic rings. The van der Waals surface area contributed by atoms with Crippen LogP contribution < -0.4 is 5.32 Å². The Bertz CT molecular complexity index is 1560. The van der Waals surface area contributed by atoms with Crippen molar-refractivity contribution in [2.75, 3.05) is 0 Å². The van der Waals surface area contributed by atoms with Gasteiger partial charge in [0.1, 0.15) is 17.9 Å². The largest absolute Gasteiger partial charge is 0.447 e. The Balaban J connectivity index is 1.30. The van der Waals surface area contributed by atoms with E-state index in [-0.39, 0.29) is 18.1 Å². The zero-order chi connectivity index (χ0) is 26.5. The van der Waals surface area contributed by atoms with Gasteiger partial charge in [0.05, 0.1) is 21.5 Å². The van der Waals surface area contributed by atoms with Crippen LogP contribution in [0.4, 0.5) is 4.39 Å². The maximum Gasteiger partial charge on any atom is 0.273 e. The molecule has 0 aliphatic carbocycles. The molecular weight excluding hydrogens is 548 g/mol. The summed E-state index contributed by atoms with van der Waals surface area (Å²) in [5, 5.41) is 13.0. The number of thioether (sulfide) groups is 1. The van der Waals surface area contributed by atoms with E-state index in [9.17, 15) is 9.18 Å². The number of nitrogens with one attached hydrogen (secondary N) is 1. The number of aromatic nitrogens is 4. The fourth-order valence-corrected chi connectivity index (χ4v) is 4.77. The lowest BCUT2D eigenvalue weighted by Gasteiger charge is -2.11. The number of amides is 1. The Hall–Kier alpha value is -3.66. The molecule has 5 aromatic rings. The minimum atomic E-state index is -0.390. The van der Waals surface area contributed by atoms with Gasteiger partial charge in [-0.3, -0.25) is 9.36 Å². The average Bonchev–Trinajstić information content (AvgIpc) is 3.56. The topological polar surface area (TPSA) is 85.8 Å². The van der Waals surface area contributed by atoms with E-state index in [1.165, 1.54) is 30.2 Å². The molecule has 0 spiro atoms. The number of carbonyl (C=O) groups excluding carboxylic acids is 1. The van der Waals surface area contributed by atoms with Crippen LogP contribution in [0.25, 0.3) is 5.69 Å². The van der Waals surface area contributed by atoms with Crippen molar-refractivity contribution in [1.29, 1.82) is 0 Å². The summed E-state index contributed by atoms with van der Waals surface area (Å²) in [4.78, 5) is 16.8. The molecule has 192 valence electrons. The first-order valence-corrected chi connectivity index (χ1v) is 13.2. The van der Waals surface area contributed by atoms with E-state index in [4.69, 9.17) is 27.6 Å². The minimum absolute atomic E-state index is 0.151. The molecule has 5 rings (SSSR count). The third-order valence-corrected chi connectivity index (χ3v) is 7.20. The Labute approximate surface area is 232 Å². The molecule has 2 aromatic heterocycles. The maximum atomic E-state index is 13.1. The van der Waals surface area contributed by atoms with Crippen molar-refractivity contribution in [2.45, 2.75) is 23.9 Å². The van der Waals surface area contributed by atoms with E-state index in [1.807, 2.05) is 41.0 Å². The summed E-state index contributed by atoms with van der Waals surface area (Å²) in [7, 11) is 0. The molecule has 0 bridgehead atoms. The van der Waals surface area contributed by atoms with Crippen LogP contribution in [0.2, 0.25) is 10.0 Å². The maximum absolute atomic E-state index is 13.1. The van der Waals surface area contributed by atoms with Crippen molar-refractivity contribution < 1.29 is 13.6 Å². The van der Waals surface area contributed by atoms with E-state index < -0.39 is 5.91 Å². The highest BCUT2D eigenvalue weighted by Crippen LogP contribution is 2.30. The van der Waals surface area contributed by atoms with Gasteiger partial charge in [-0.15, -0.1) is 10.2 Å². The van der Waals surface area contributed by atoms with Gasteiger partial charge in [-0.05, 0) is 41.5 Å². The number of halogens is 3. The summed E-state index contributed by atoms with van der Waals surface area (Å²) in [5.74, 6) is 0.677. The average molecular weight is 568 g/mol. The van der Waals surface area contributed by atoms with Crippen LogP contribution in [0.5, 0.6) is 0 Å². The molecule has 0 aliphatic heterocycles. The van der Waals surface area contributed by atoms with Crippen LogP contribution in [0.15, 0.2) is 88.6 Å². The van der Waals surface area contributed by atoms with Crippen LogP contribution >= 0.6 is 35.0 Å². The Morgan fingerprint density at radius 3 is 2.53 bits per heavy atom. The number of benzene rings is 3. The summed E-state index contributed by atoms with van der Waals surface area (Å²) < 4.78 is 20.5. The SMILES string of the molecule is O=C(NCc1ccc(F)cc1)c1coc(CSc2nnc(Cc3ccccc3)n2-c2ccc(Cl)c(Cl)c2)n1. The highest BCUT2D eigenvalue weighted by atomic mass is 35.5.